The zero-order valence-corrected chi connectivity index (χ0v) is 7.02. The standard InChI is InChI=1S/C10H14O/c1-7(11)9-6-5-8-3-2-4-10(8)9/h9H,2-6H2,1H3. The van der Waals surface area contributed by atoms with E-state index in [4.69, 9.17) is 0 Å². The van der Waals surface area contributed by atoms with Gasteiger partial charge in [-0.05, 0) is 39.0 Å². The molecule has 0 aliphatic heterocycles. The van der Waals surface area contributed by atoms with Gasteiger partial charge in [0, 0.05) is 5.92 Å². The third-order valence-corrected chi connectivity index (χ3v) is 3.02. The molecule has 0 saturated heterocycles. The van der Waals surface area contributed by atoms with Crippen LogP contribution in [0.25, 0.3) is 0 Å². The summed E-state index contributed by atoms with van der Waals surface area (Å²) in [7, 11) is 0. The van der Waals surface area contributed by atoms with Gasteiger partial charge in [-0.15, -0.1) is 0 Å². The molecule has 0 N–H and O–H groups in total. The Labute approximate surface area is 67.5 Å². The predicted molar refractivity (Wildman–Crippen MR) is 44.3 cm³/mol. The Bertz CT molecular complexity index is 225. The maximum Gasteiger partial charge on any atom is 0.136 e. The number of Topliss-reactive ketones (excluding diaryl/α,β-unsaturated/α-hetero) is 1. The van der Waals surface area contributed by atoms with Gasteiger partial charge in [0.2, 0.25) is 0 Å². The molecular weight excluding hydrogens is 136 g/mol. The first-order valence-electron chi connectivity index (χ1n) is 4.50. The number of carbonyl (C=O) groups is 1. The molecule has 0 amide bonds. The molecule has 2 aliphatic carbocycles. The minimum absolute atomic E-state index is 0.326. The summed E-state index contributed by atoms with van der Waals surface area (Å²) in [6.07, 6.45) is 6.10. The van der Waals surface area contributed by atoms with Crippen LogP contribution in [0.5, 0.6) is 0 Å². The average molecular weight is 150 g/mol. The van der Waals surface area contributed by atoms with Gasteiger partial charge in [-0.1, -0.05) is 11.1 Å². The van der Waals surface area contributed by atoms with E-state index in [0.29, 0.717) is 11.7 Å². The lowest BCUT2D eigenvalue weighted by Crippen LogP contribution is -2.09. The van der Waals surface area contributed by atoms with Crippen molar-refractivity contribution in [2.24, 2.45) is 5.92 Å². The fraction of sp³-hybridized carbons (Fsp3) is 0.700. The number of allylic oxidation sites excluding steroid dienone is 2. The zero-order chi connectivity index (χ0) is 7.84. The lowest BCUT2D eigenvalue weighted by atomic mass is 9.96. The SMILES string of the molecule is CC(=O)C1CCC2=C1CCC2. The van der Waals surface area contributed by atoms with Crippen LogP contribution in [-0.2, 0) is 4.79 Å². The molecule has 0 aromatic rings. The van der Waals surface area contributed by atoms with Crippen LogP contribution in [0.2, 0.25) is 0 Å². The van der Waals surface area contributed by atoms with Crippen LogP contribution >= 0.6 is 0 Å². The van der Waals surface area contributed by atoms with Gasteiger partial charge in [0.15, 0.2) is 0 Å². The molecule has 0 aromatic carbocycles. The summed E-state index contributed by atoms with van der Waals surface area (Å²) < 4.78 is 0. The highest BCUT2D eigenvalue weighted by atomic mass is 16.1. The summed E-state index contributed by atoms with van der Waals surface area (Å²) in [5, 5.41) is 0. The molecule has 0 heterocycles. The Morgan fingerprint density at radius 1 is 1.36 bits per heavy atom. The van der Waals surface area contributed by atoms with Crippen LogP contribution in [0.3, 0.4) is 0 Å². The molecule has 0 spiro atoms. The van der Waals surface area contributed by atoms with Gasteiger partial charge in [0.05, 0.1) is 0 Å². The molecule has 1 unspecified atom stereocenters. The van der Waals surface area contributed by atoms with Crippen molar-refractivity contribution in [3.63, 3.8) is 0 Å². The van der Waals surface area contributed by atoms with Crippen molar-refractivity contribution >= 4 is 5.78 Å². The van der Waals surface area contributed by atoms with E-state index in [1.165, 1.54) is 31.3 Å². The molecule has 1 heteroatoms. The van der Waals surface area contributed by atoms with E-state index in [0.717, 1.165) is 6.42 Å². The monoisotopic (exact) mass is 150 g/mol. The molecule has 60 valence electrons. The molecule has 0 radical (unpaired) electrons. The average Bonchev–Trinajstić information content (AvgIpc) is 2.41. The number of carbonyl (C=O) groups excluding carboxylic acids is 1. The van der Waals surface area contributed by atoms with Gasteiger partial charge in [0.1, 0.15) is 5.78 Å². The van der Waals surface area contributed by atoms with Crippen molar-refractivity contribution in [2.45, 2.75) is 39.0 Å². The lowest BCUT2D eigenvalue weighted by Gasteiger charge is -2.07. The Hall–Kier alpha value is -0.590. The molecule has 1 atom stereocenters. The van der Waals surface area contributed by atoms with Crippen LogP contribution in [0.1, 0.15) is 39.0 Å². The van der Waals surface area contributed by atoms with Crippen LogP contribution < -0.4 is 0 Å². The fourth-order valence-electron chi connectivity index (χ4n) is 2.48. The number of hydrogen-bond donors (Lipinski definition) is 0. The molecule has 11 heavy (non-hydrogen) atoms. The quantitative estimate of drug-likeness (QED) is 0.525. The van der Waals surface area contributed by atoms with E-state index < -0.39 is 0 Å². The third kappa shape index (κ3) is 1.03. The van der Waals surface area contributed by atoms with E-state index in [2.05, 4.69) is 0 Å². The highest BCUT2D eigenvalue weighted by molar-refractivity contribution is 5.82. The topological polar surface area (TPSA) is 17.1 Å². The number of ketones is 1. The first kappa shape index (κ1) is 7.08. The molecule has 1 nitrogen and oxygen atoms in total. The van der Waals surface area contributed by atoms with Gasteiger partial charge < -0.3 is 0 Å². The Morgan fingerprint density at radius 2 is 2.18 bits per heavy atom. The molecule has 0 saturated carbocycles. The molecular formula is C10H14O. The largest absolute Gasteiger partial charge is 0.299 e. The van der Waals surface area contributed by atoms with Crippen molar-refractivity contribution in [3.05, 3.63) is 11.1 Å². The smallest absolute Gasteiger partial charge is 0.136 e. The maximum absolute atomic E-state index is 11.2. The third-order valence-electron chi connectivity index (χ3n) is 3.02. The fourth-order valence-corrected chi connectivity index (χ4v) is 2.48. The van der Waals surface area contributed by atoms with Crippen LogP contribution in [0, 0.1) is 5.92 Å². The van der Waals surface area contributed by atoms with Gasteiger partial charge in [-0.2, -0.15) is 0 Å². The van der Waals surface area contributed by atoms with Crippen LogP contribution in [0.15, 0.2) is 11.1 Å². The highest BCUT2D eigenvalue weighted by Crippen LogP contribution is 2.42. The van der Waals surface area contributed by atoms with Crippen LogP contribution in [-0.4, -0.2) is 5.78 Å². The van der Waals surface area contributed by atoms with E-state index in [-0.39, 0.29) is 0 Å². The van der Waals surface area contributed by atoms with Crippen molar-refractivity contribution in [1.82, 2.24) is 0 Å². The van der Waals surface area contributed by atoms with Crippen molar-refractivity contribution in [2.75, 3.05) is 0 Å². The second-order valence-corrected chi connectivity index (χ2v) is 3.68. The Kier molecular flexibility index (Phi) is 1.59. The number of rotatable bonds is 1. The molecule has 0 bridgehead atoms. The number of hydrogen-bond acceptors (Lipinski definition) is 1. The van der Waals surface area contributed by atoms with E-state index in [9.17, 15) is 4.79 Å². The Morgan fingerprint density at radius 3 is 2.91 bits per heavy atom. The van der Waals surface area contributed by atoms with E-state index in [1.54, 1.807) is 12.5 Å². The first-order chi connectivity index (χ1) is 5.29. The van der Waals surface area contributed by atoms with Crippen LogP contribution in [0.4, 0.5) is 0 Å². The zero-order valence-electron chi connectivity index (χ0n) is 7.02. The second kappa shape index (κ2) is 2.47. The summed E-state index contributed by atoms with van der Waals surface area (Å²) in [5.41, 5.74) is 3.13. The summed E-state index contributed by atoms with van der Waals surface area (Å²) in [6.45, 7) is 1.74. The summed E-state index contributed by atoms with van der Waals surface area (Å²) in [6, 6.07) is 0. The second-order valence-electron chi connectivity index (χ2n) is 3.68. The molecule has 2 rings (SSSR count). The van der Waals surface area contributed by atoms with Crippen molar-refractivity contribution < 1.29 is 4.79 Å². The lowest BCUT2D eigenvalue weighted by molar-refractivity contribution is -0.119. The van der Waals surface area contributed by atoms with Crippen molar-refractivity contribution in [1.29, 1.82) is 0 Å². The molecule has 0 fully saturated rings. The summed E-state index contributed by atoms with van der Waals surface area (Å²) >= 11 is 0. The van der Waals surface area contributed by atoms with Crippen molar-refractivity contribution in [3.8, 4) is 0 Å². The van der Waals surface area contributed by atoms with Gasteiger partial charge in [-0.3, -0.25) is 4.79 Å². The first-order valence-corrected chi connectivity index (χ1v) is 4.50. The summed E-state index contributed by atoms with van der Waals surface area (Å²) in [5.74, 6) is 0.712. The van der Waals surface area contributed by atoms with E-state index >= 15 is 0 Å². The van der Waals surface area contributed by atoms with Gasteiger partial charge >= 0.3 is 0 Å². The molecule has 0 aromatic heterocycles. The van der Waals surface area contributed by atoms with Gasteiger partial charge in [0.25, 0.3) is 0 Å². The predicted octanol–water partition coefficient (Wildman–Crippen LogP) is 2.47. The van der Waals surface area contributed by atoms with Gasteiger partial charge in [-0.25, -0.2) is 0 Å². The minimum atomic E-state index is 0.326. The Balaban J connectivity index is 2.22. The highest BCUT2D eigenvalue weighted by Gasteiger charge is 2.30. The minimum Gasteiger partial charge on any atom is -0.299 e. The molecule has 2 aliphatic rings. The normalized spacial score (nSPS) is 29.4. The van der Waals surface area contributed by atoms with E-state index in [1.807, 2.05) is 0 Å². The maximum atomic E-state index is 11.2. The summed E-state index contributed by atoms with van der Waals surface area (Å²) in [4.78, 5) is 11.2.